The Morgan fingerprint density at radius 1 is 1.40 bits per heavy atom. The molecule has 4 heteroatoms. The number of hydrogen-bond donors (Lipinski definition) is 1. The fraction of sp³-hybridized carbons (Fsp3) is 0.364. The maximum absolute atomic E-state index is 5.62. The SMILES string of the molecule is CNc1nc2ccc(OC(C)C)cc2s1. The summed E-state index contributed by atoms with van der Waals surface area (Å²) in [7, 11) is 1.88. The Kier molecular flexibility index (Phi) is 2.77. The average molecular weight is 222 g/mol. The Bertz CT molecular complexity index is 465. The minimum atomic E-state index is 0.208. The smallest absolute Gasteiger partial charge is 0.183 e. The van der Waals surface area contributed by atoms with E-state index in [2.05, 4.69) is 10.3 Å². The van der Waals surface area contributed by atoms with Crippen LogP contribution in [0.5, 0.6) is 5.75 Å². The van der Waals surface area contributed by atoms with Crippen LogP contribution in [0.2, 0.25) is 0 Å². The molecule has 1 heterocycles. The number of rotatable bonds is 3. The van der Waals surface area contributed by atoms with Crippen molar-refractivity contribution in [1.82, 2.24) is 4.98 Å². The van der Waals surface area contributed by atoms with Gasteiger partial charge in [0.2, 0.25) is 0 Å². The van der Waals surface area contributed by atoms with Crippen molar-refractivity contribution in [3.05, 3.63) is 18.2 Å². The molecule has 2 rings (SSSR count). The van der Waals surface area contributed by atoms with Crippen LogP contribution in [0.15, 0.2) is 18.2 Å². The van der Waals surface area contributed by atoms with Crippen LogP contribution in [0, 0.1) is 0 Å². The lowest BCUT2D eigenvalue weighted by Crippen LogP contribution is -2.04. The van der Waals surface area contributed by atoms with E-state index in [0.717, 1.165) is 21.1 Å². The lowest BCUT2D eigenvalue weighted by atomic mass is 10.3. The highest BCUT2D eigenvalue weighted by Gasteiger charge is 2.04. The zero-order chi connectivity index (χ0) is 10.8. The molecule has 0 bridgehead atoms. The van der Waals surface area contributed by atoms with Crippen LogP contribution >= 0.6 is 11.3 Å². The van der Waals surface area contributed by atoms with Gasteiger partial charge in [0.1, 0.15) is 5.75 Å². The predicted octanol–water partition coefficient (Wildman–Crippen LogP) is 3.13. The minimum absolute atomic E-state index is 0.208. The van der Waals surface area contributed by atoms with Gasteiger partial charge in [-0.1, -0.05) is 11.3 Å². The maximum Gasteiger partial charge on any atom is 0.183 e. The molecule has 0 unspecified atom stereocenters. The van der Waals surface area contributed by atoms with Crippen molar-refractivity contribution in [3.63, 3.8) is 0 Å². The molecular formula is C11H14N2OS. The van der Waals surface area contributed by atoms with E-state index in [1.54, 1.807) is 11.3 Å². The third kappa shape index (κ3) is 2.21. The van der Waals surface area contributed by atoms with E-state index in [1.165, 1.54) is 0 Å². The highest BCUT2D eigenvalue weighted by Crippen LogP contribution is 2.29. The van der Waals surface area contributed by atoms with Gasteiger partial charge in [-0.15, -0.1) is 0 Å². The van der Waals surface area contributed by atoms with E-state index in [9.17, 15) is 0 Å². The van der Waals surface area contributed by atoms with Crippen molar-refractivity contribution in [2.24, 2.45) is 0 Å². The van der Waals surface area contributed by atoms with Crippen molar-refractivity contribution in [3.8, 4) is 5.75 Å². The highest BCUT2D eigenvalue weighted by atomic mass is 32.1. The molecule has 1 aromatic carbocycles. The Labute approximate surface area is 93.1 Å². The van der Waals surface area contributed by atoms with E-state index >= 15 is 0 Å². The van der Waals surface area contributed by atoms with Crippen molar-refractivity contribution in [1.29, 1.82) is 0 Å². The van der Waals surface area contributed by atoms with Gasteiger partial charge in [-0.2, -0.15) is 0 Å². The summed E-state index contributed by atoms with van der Waals surface area (Å²) in [5, 5.41) is 3.98. The van der Waals surface area contributed by atoms with Crippen molar-refractivity contribution >= 4 is 26.7 Å². The molecule has 0 atom stereocenters. The zero-order valence-corrected chi connectivity index (χ0v) is 9.89. The highest BCUT2D eigenvalue weighted by molar-refractivity contribution is 7.22. The molecule has 1 aromatic heterocycles. The van der Waals surface area contributed by atoms with Crippen LogP contribution in [0.3, 0.4) is 0 Å². The summed E-state index contributed by atoms with van der Waals surface area (Å²) in [5.41, 5.74) is 1.01. The van der Waals surface area contributed by atoms with Crippen molar-refractivity contribution < 1.29 is 4.74 Å². The zero-order valence-electron chi connectivity index (χ0n) is 9.07. The molecule has 2 aromatic rings. The number of fused-ring (bicyclic) bond motifs is 1. The van der Waals surface area contributed by atoms with Crippen molar-refractivity contribution in [2.45, 2.75) is 20.0 Å². The number of thiazole rings is 1. The Morgan fingerprint density at radius 3 is 2.87 bits per heavy atom. The molecule has 0 spiro atoms. The summed E-state index contributed by atoms with van der Waals surface area (Å²) in [6.07, 6.45) is 0.208. The Balaban J connectivity index is 2.37. The van der Waals surface area contributed by atoms with Crippen LogP contribution in [-0.2, 0) is 0 Å². The molecule has 0 amide bonds. The predicted molar refractivity (Wildman–Crippen MR) is 64.9 cm³/mol. The van der Waals surface area contributed by atoms with E-state index in [-0.39, 0.29) is 6.10 Å². The standard InChI is InChI=1S/C11H14N2OS/c1-7(2)14-8-4-5-9-10(6-8)15-11(12-3)13-9/h4-7H,1-3H3,(H,12,13). The van der Waals surface area contributed by atoms with Gasteiger partial charge in [-0.25, -0.2) is 4.98 Å². The number of anilines is 1. The van der Waals surface area contributed by atoms with Crippen LogP contribution in [-0.4, -0.2) is 18.1 Å². The number of nitrogens with zero attached hydrogens (tertiary/aromatic N) is 1. The van der Waals surface area contributed by atoms with E-state index in [1.807, 2.05) is 39.1 Å². The normalized spacial score (nSPS) is 10.9. The average Bonchev–Trinajstić information content (AvgIpc) is 2.58. The van der Waals surface area contributed by atoms with Gasteiger partial charge in [0.15, 0.2) is 5.13 Å². The lowest BCUT2D eigenvalue weighted by Gasteiger charge is -2.08. The second kappa shape index (κ2) is 4.06. The largest absolute Gasteiger partial charge is 0.491 e. The van der Waals surface area contributed by atoms with Gasteiger partial charge in [-0.3, -0.25) is 0 Å². The topological polar surface area (TPSA) is 34.2 Å². The summed E-state index contributed by atoms with van der Waals surface area (Å²) >= 11 is 1.64. The first-order chi connectivity index (χ1) is 7.19. The molecule has 0 aliphatic heterocycles. The molecule has 3 nitrogen and oxygen atoms in total. The Hall–Kier alpha value is -1.29. The summed E-state index contributed by atoms with van der Waals surface area (Å²) < 4.78 is 6.77. The van der Waals surface area contributed by atoms with Gasteiger partial charge < -0.3 is 10.1 Å². The molecule has 0 fully saturated rings. The van der Waals surface area contributed by atoms with E-state index in [0.29, 0.717) is 0 Å². The molecule has 1 N–H and O–H groups in total. The molecule has 80 valence electrons. The molecule has 0 radical (unpaired) electrons. The van der Waals surface area contributed by atoms with Crippen LogP contribution in [0.1, 0.15) is 13.8 Å². The second-order valence-corrected chi connectivity index (χ2v) is 4.60. The van der Waals surface area contributed by atoms with Crippen LogP contribution in [0.4, 0.5) is 5.13 Å². The summed E-state index contributed by atoms with van der Waals surface area (Å²) in [6, 6.07) is 5.99. The lowest BCUT2D eigenvalue weighted by molar-refractivity contribution is 0.243. The fourth-order valence-electron chi connectivity index (χ4n) is 1.36. The summed E-state index contributed by atoms with van der Waals surface area (Å²) in [6.45, 7) is 4.05. The fourth-order valence-corrected chi connectivity index (χ4v) is 2.21. The number of aromatic nitrogens is 1. The number of hydrogen-bond acceptors (Lipinski definition) is 4. The van der Waals surface area contributed by atoms with Gasteiger partial charge in [-0.05, 0) is 32.0 Å². The summed E-state index contributed by atoms with van der Waals surface area (Å²) in [5.74, 6) is 0.906. The minimum Gasteiger partial charge on any atom is -0.491 e. The first-order valence-corrected chi connectivity index (χ1v) is 5.75. The molecule has 0 saturated carbocycles. The molecule has 0 aliphatic rings. The molecule has 0 aliphatic carbocycles. The van der Waals surface area contributed by atoms with Gasteiger partial charge in [0.25, 0.3) is 0 Å². The molecule has 0 saturated heterocycles. The number of benzene rings is 1. The second-order valence-electron chi connectivity index (χ2n) is 3.57. The molecule has 15 heavy (non-hydrogen) atoms. The first-order valence-electron chi connectivity index (χ1n) is 4.94. The van der Waals surface area contributed by atoms with Crippen LogP contribution < -0.4 is 10.1 Å². The van der Waals surface area contributed by atoms with E-state index in [4.69, 9.17) is 4.74 Å². The quantitative estimate of drug-likeness (QED) is 0.866. The molecular weight excluding hydrogens is 208 g/mol. The van der Waals surface area contributed by atoms with Gasteiger partial charge in [0, 0.05) is 7.05 Å². The van der Waals surface area contributed by atoms with Crippen molar-refractivity contribution in [2.75, 3.05) is 12.4 Å². The maximum atomic E-state index is 5.62. The third-order valence-corrected chi connectivity index (χ3v) is 2.98. The number of ether oxygens (including phenoxy) is 1. The van der Waals surface area contributed by atoms with Crippen LogP contribution in [0.25, 0.3) is 10.2 Å². The number of nitrogens with one attached hydrogen (secondary N) is 1. The monoisotopic (exact) mass is 222 g/mol. The van der Waals surface area contributed by atoms with E-state index < -0.39 is 0 Å². The third-order valence-electron chi connectivity index (χ3n) is 1.95. The van der Waals surface area contributed by atoms with Gasteiger partial charge in [0.05, 0.1) is 16.3 Å². The van der Waals surface area contributed by atoms with Gasteiger partial charge >= 0.3 is 0 Å². The first kappa shape index (κ1) is 10.2. The Morgan fingerprint density at radius 2 is 2.20 bits per heavy atom. The summed E-state index contributed by atoms with van der Waals surface area (Å²) in [4.78, 5) is 4.40.